The molecule has 0 radical (unpaired) electrons. The predicted octanol–water partition coefficient (Wildman–Crippen LogP) is 4.33. The highest BCUT2D eigenvalue weighted by atomic mass is 16.2. The van der Waals surface area contributed by atoms with E-state index >= 15 is 0 Å². The lowest BCUT2D eigenvalue weighted by Gasteiger charge is -2.09. The first-order valence-corrected chi connectivity index (χ1v) is 9.10. The summed E-state index contributed by atoms with van der Waals surface area (Å²) in [7, 11) is 0. The zero-order valence-corrected chi connectivity index (χ0v) is 15.8. The molecule has 0 fully saturated rings. The number of aromatic nitrogens is 3. The van der Waals surface area contributed by atoms with E-state index in [1.165, 1.54) is 0 Å². The Labute approximate surface area is 163 Å². The molecule has 2 amide bonds. The molecule has 0 saturated heterocycles. The molecule has 0 aliphatic carbocycles. The molecule has 0 spiro atoms. The van der Waals surface area contributed by atoms with Crippen molar-refractivity contribution in [2.75, 3.05) is 5.32 Å². The van der Waals surface area contributed by atoms with Crippen molar-refractivity contribution in [3.63, 3.8) is 0 Å². The van der Waals surface area contributed by atoms with Crippen LogP contribution in [-0.4, -0.2) is 20.6 Å². The van der Waals surface area contributed by atoms with Gasteiger partial charge in [0.2, 0.25) is 0 Å². The maximum absolute atomic E-state index is 12.3. The van der Waals surface area contributed by atoms with Crippen molar-refractivity contribution in [2.24, 2.45) is 0 Å². The smallest absolute Gasteiger partial charge is 0.319 e. The van der Waals surface area contributed by atoms with Gasteiger partial charge in [0.1, 0.15) is 0 Å². The van der Waals surface area contributed by atoms with Crippen LogP contribution >= 0.6 is 0 Å². The number of pyridine rings is 2. The lowest BCUT2D eigenvalue weighted by Crippen LogP contribution is -2.28. The summed E-state index contributed by atoms with van der Waals surface area (Å²) in [5, 5.41) is 10.5. The summed E-state index contributed by atoms with van der Waals surface area (Å²) >= 11 is 0. The average molecular weight is 371 g/mol. The van der Waals surface area contributed by atoms with Crippen LogP contribution in [0.25, 0.3) is 16.8 Å². The molecule has 4 rings (SSSR count). The second-order valence-corrected chi connectivity index (χ2v) is 6.71. The largest absolute Gasteiger partial charge is 0.334 e. The summed E-state index contributed by atoms with van der Waals surface area (Å²) in [6, 6.07) is 15.5. The third-order valence-corrected chi connectivity index (χ3v) is 4.66. The number of urea groups is 1. The highest BCUT2D eigenvalue weighted by Gasteiger charge is 2.14. The monoisotopic (exact) mass is 371 g/mol. The van der Waals surface area contributed by atoms with Gasteiger partial charge in [0.25, 0.3) is 0 Å². The summed E-state index contributed by atoms with van der Waals surface area (Å²) in [6.45, 7) is 4.54. The van der Waals surface area contributed by atoms with Crippen LogP contribution in [0.1, 0.15) is 16.7 Å². The summed E-state index contributed by atoms with van der Waals surface area (Å²) in [6.07, 6.45) is 5.25. The van der Waals surface area contributed by atoms with E-state index in [0.29, 0.717) is 12.2 Å². The number of anilines is 1. The van der Waals surface area contributed by atoms with Gasteiger partial charge in [-0.3, -0.25) is 4.98 Å². The molecular weight excluding hydrogens is 350 g/mol. The minimum absolute atomic E-state index is 0.261. The molecule has 2 N–H and O–H groups in total. The number of carbonyl (C=O) groups is 1. The number of carbonyl (C=O) groups excluding carboxylic acids is 1. The van der Waals surface area contributed by atoms with E-state index in [4.69, 9.17) is 5.10 Å². The average Bonchev–Trinajstić information content (AvgIpc) is 3.05. The van der Waals surface area contributed by atoms with Crippen molar-refractivity contribution in [1.82, 2.24) is 19.9 Å². The number of aryl methyl sites for hydroxylation is 2. The molecule has 0 aliphatic heterocycles. The minimum atomic E-state index is -0.261. The van der Waals surface area contributed by atoms with E-state index in [1.807, 2.05) is 54.0 Å². The van der Waals surface area contributed by atoms with Gasteiger partial charge in [-0.1, -0.05) is 30.3 Å². The fourth-order valence-corrected chi connectivity index (χ4v) is 3.35. The first-order valence-electron chi connectivity index (χ1n) is 9.10. The van der Waals surface area contributed by atoms with Crippen molar-refractivity contribution >= 4 is 17.2 Å². The number of fused-ring (bicyclic) bond motifs is 1. The normalized spacial score (nSPS) is 10.8. The van der Waals surface area contributed by atoms with Crippen LogP contribution in [0.4, 0.5) is 10.5 Å². The van der Waals surface area contributed by atoms with Crippen LogP contribution in [0.15, 0.2) is 67.1 Å². The third-order valence-electron chi connectivity index (χ3n) is 4.66. The lowest BCUT2D eigenvalue weighted by atomic mass is 10.1. The lowest BCUT2D eigenvalue weighted by molar-refractivity contribution is 0.251. The molecule has 0 bridgehead atoms. The number of amides is 2. The van der Waals surface area contributed by atoms with Gasteiger partial charge in [-0.2, -0.15) is 5.10 Å². The van der Waals surface area contributed by atoms with Crippen LogP contribution < -0.4 is 10.6 Å². The molecule has 28 heavy (non-hydrogen) atoms. The zero-order chi connectivity index (χ0) is 19.5. The van der Waals surface area contributed by atoms with Gasteiger partial charge >= 0.3 is 6.03 Å². The highest BCUT2D eigenvalue weighted by Crippen LogP contribution is 2.28. The third kappa shape index (κ3) is 3.57. The Morgan fingerprint density at radius 2 is 1.82 bits per heavy atom. The molecule has 6 nitrogen and oxygen atoms in total. The Hall–Kier alpha value is -3.67. The first kappa shape index (κ1) is 17.7. The molecule has 0 unspecified atom stereocenters. The summed E-state index contributed by atoms with van der Waals surface area (Å²) in [5.41, 5.74) is 6.94. The Balaban J connectivity index is 1.56. The second-order valence-electron chi connectivity index (χ2n) is 6.71. The van der Waals surface area contributed by atoms with Crippen molar-refractivity contribution in [3.05, 3.63) is 83.8 Å². The molecule has 1 aromatic carbocycles. The van der Waals surface area contributed by atoms with Crippen molar-refractivity contribution in [3.8, 4) is 11.3 Å². The van der Waals surface area contributed by atoms with E-state index < -0.39 is 0 Å². The molecule has 0 atom stereocenters. The molecule has 4 aromatic rings. The van der Waals surface area contributed by atoms with Crippen molar-refractivity contribution < 1.29 is 4.79 Å². The van der Waals surface area contributed by atoms with Crippen molar-refractivity contribution in [2.45, 2.75) is 20.4 Å². The minimum Gasteiger partial charge on any atom is -0.334 e. The standard InChI is InChI=1S/C22H21N5O/c1-15-12-19(25-22(28)24-13-17-8-10-23-11-9-17)14-27-21(15)16(2)20(26-27)18-6-4-3-5-7-18/h3-12,14H,13H2,1-2H3,(H2,24,25,28). The van der Waals surface area contributed by atoms with Gasteiger partial charge in [-0.25, -0.2) is 9.31 Å². The number of hydrogen-bond donors (Lipinski definition) is 2. The molecular formula is C22H21N5O. The van der Waals surface area contributed by atoms with Crippen LogP contribution in [0.3, 0.4) is 0 Å². The zero-order valence-electron chi connectivity index (χ0n) is 15.8. The number of nitrogens with zero attached hydrogens (tertiary/aromatic N) is 3. The Bertz CT molecular complexity index is 1120. The van der Waals surface area contributed by atoms with Crippen LogP contribution in [0, 0.1) is 13.8 Å². The Morgan fingerprint density at radius 1 is 1.07 bits per heavy atom. The SMILES string of the molecule is Cc1cc(NC(=O)NCc2ccncc2)cn2nc(-c3ccccc3)c(C)c12. The maximum Gasteiger partial charge on any atom is 0.319 e. The number of nitrogens with one attached hydrogen (secondary N) is 2. The Kier molecular flexibility index (Phi) is 4.76. The maximum atomic E-state index is 12.3. The molecule has 6 heteroatoms. The number of hydrogen-bond acceptors (Lipinski definition) is 3. The van der Waals surface area contributed by atoms with E-state index in [0.717, 1.165) is 33.5 Å². The summed E-state index contributed by atoms with van der Waals surface area (Å²) < 4.78 is 1.84. The predicted molar refractivity (Wildman–Crippen MR) is 110 cm³/mol. The highest BCUT2D eigenvalue weighted by molar-refractivity contribution is 5.89. The van der Waals surface area contributed by atoms with Gasteiger partial charge in [-0.15, -0.1) is 0 Å². The van der Waals surface area contributed by atoms with E-state index in [9.17, 15) is 4.79 Å². The second kappa shape index (κ2) is 7.52. The quantitative estimate of drug-likeness (QED) is 0.561. The first-order chi connectivity index (χ1) is 13.6. The van der Waals surface area contributed by atoms with Gasteiger partial charge in [0.15, 0.2) is 0 Å². The molecule has 3 aromatic heterocycles. The van der Waals surface area contributed by atoms with Crippen molar-refractivity contribution in [1.29, 1.82) is 0 Å². The van der Waals surface area contributed by atoms with Gasteiger partial charge in [-0.05, 0) is 43.2 Å². The summed E-state index contributed by atoms with van der Waals surface area (Å²) in [5.74, 6) is 0. The molecule has 140 valence electrons. The topological polar surface area (TPSA) is 71.3 Å². The van der Waals surface area contributed by atoms with E-state index in [-0.39, 0.29) is 6.03 Å². The summed E-state index contributed by atoms with van der Waals surface area (Å²) in [4.78, 5) is 16.2. The fourth-order valence-electron chi connectivity index (χ4n) is 3.35. The van der Waals surface area contributed by atoms with Crippen LogP contribution in [-0.2, 0) is 6.54 Å². The van der Waals surface area contributed by atoms with Crippen LogP contribution in [0.5, 0.6) is 0 Å². The van der Waals surface area contributed by atoms with Gasteiger partial charge < -0.3 is 10.6 Å². The van der Waals surface area contributed by atoms with E-state index in [1.54, 1.807) is 12.4 Å². The van der Waals surface area contributed by atoms with Gasteiger partial charge in [0, 0.05) is 30.1 Å². The Morgan fingerprint density at radius 3 is 2.57 bits per heavy atom. The molecule has 3 heterocycles. The molecule has 0 aliphatic rings. The number of benzene rings is 1. The molecule has 0 saturated carbocycles. The van der Waals surface area contributed by atoms with Gasteiger partial charge in [0.05, 0.1) is 23.1 Å². The van der Waals surface area contributed by atoms with Crippen LogP contribution in [0.2, 0.25) is 0 Å². The van der Waals surface area contributed by atoms with E-state index in [2.05, 4.69) is 34.7 Å². The number of rotatable bonds is 4. The fraction of sp³-hybridized carbons (Fsp3) is 0.136.